The highest BCUT2D eigenvalue weighted by atomic mass is 32.1. The Morgan fingerprint density at radius 1 is 0.365 bits per heavy atom. The van der Waals surface area contributed by atoms with E-state index in [1.807, 2.05) is 48.5 Å². The molecule has 10 aromatic rings. The summed E-state index contributed by atoms with van der Waals surface area (Å²) in [4.78, 5) is 20.2. The SMILES string of the molecule is c1ccc(-c2ccc3c4ccc(-c5nc(-c6ccccc6)nc(-c6ccc7nc(-c8ccccc8)sc7c6)n5)cc4n(-c4ccccc4)c3c2)cc1. The molecule has 0 saturated carbocycles. The van der Waals surface area contributed by atoms with Gasteiger partial charge in [-0.3, -0.25) is 0 Å². The second-order valence-electron chi connectivity index (χ2n) is 12.7. The van der Waals surface area contributed by atoms with Crippen LogP contribution in [-0.4, -0.2) is 24.5 Å². The number of fused-ring (bicyclic) bond motifs is 4. The van der Waals surface area contributed by atoms with Crippen LogP contribution in [0.3, 0.4) is 0 Å². The zero-order valence-corrected chi connectivity index (χ0v) is 28.7. The van der Waals surface area contributed by atoms with Crippen LogP contribution in [0.1, 0.15) is 0 Å². The monoisotopic (exact) mass is 683 g/mol. The van der Waals surface area contributed by atoms with E-state index < -0.39 is 0 Å². The van der Waals surface area contributed by atoms with Crippen LogP contribution in [0.5, 0.6) is 0 Å². The van der Waals surface area contributed by atoms with E-state index in [0.717, 1.165) is 54.2 Å². The van der Waals surface area contributed by atoms with Crippen LogP contribution in [0.15, 0.2) is 176 Å². The summed E-state index contributed by atoms with van der Waals surface area (Å²) in [6, 6.07) is 61.1. The molecule has 0 aliphatic heterocycles. The zero-order chi connectivity index (χ0) is 34.4. The van der Waals surface area contributed by atoms with Crippen molar-refractivity contribution in [1.29, 1.82) is 0 Å². The Balaban J connectivity index is 1.16. The van der Waals surface area contributed by atoms with Crippen molar-refractivity contribution >= 4 is 43.4 Å². The highest BCUT2D eigenvalue weighted by molar-refractivity contribution is 7.21. The molecule has 0 radical (unpaired) electrons. The highest BCUT2D eigenvalue weighted by Crippen LogP contribution is 2.38. The summed E-state index contributed by atoms with van der Waals surface area (Å²) in [7, 11) is 0. The summed E-state index contributed by atoms with van der Waals surface area (Å²) in [6.07, 6.45) is 0. The lowest BCUT2D eigenvalue weighted by Gasteiger charge is -2.11. The fraction of sp³-hybridized carbons (Fsp3) is 0. The molecule has 0 aliphatic carbocycles. The van der Waals surface area contributed by atoms with E-state index in [4.69, 9.17) is 19.9 Å². The van der Waals surface area contributed by atoms with Gasteiger partial charge in [0.2, 0.25) is 0 Å². The van der Waals surface area contributed by atoms with Crippen LogP contribution in [0.2, 0.25) is 0 Å². The third-order valence-electron chi connectivity index (χ3n) is 9.48. The number of benzene rings is 7. The van der Waals surface area contributed by atoms with Gasteiger partial charge in [0.05, 0.1) is 21.3 Å². The van der Waals surface area contributed by atoms with Crippen molar-refractivity contribution in [2.75, 3.05) is 0 Å². The molecule has 10 rings (SSSR count). The number of aromatic nitrogens is 5. The van der Waals surface area contributed by atoms with Crippen molar-refractivity contribution in [3.05, 3.63) is 176 Å². The maximum atomic E-state index is 5.14. The van der Waals surface area contributed by atoms with Crippen LogP contribution >= 0.6 is 11.3 Å². The molecule has 0 aliphatic rings. The minimum Gasteiger partial charge on any atom is -0.309 e. The number of para-hydroxylation sites is 1. The van der Waals surface area contributed by atoms with Gasteiger partial charge in [0, 0.05) is 38.7 Å². The Bertz CT molecular complexity index is 2880. The largest absolute Gasteiger partial charge is 0.309 e. The Hall–Kier alpha value is -6.76. The first kappa shape index (κ1) is 30.1. The van der Waals surface area contributed by atoms with E-state index in [-0.39, 0.29) is 0 Å². The van der Waals surface area contributed by atoms with Crippen LogP contribution in [-0.2, 0) is 0 Å². The fourth-order valence-electron chi connectivity index (χ4n) is 6.94. The van der Waals surface area contributed by atoms with Gasteiger partial charge < -0.3 is 4.57 Å². The third kappa shape index (κ3) is 5.34. The molecule has 0 amide bonds. The lowest BCUT2D eigenvalue weighted by atomic mass is 10.0. The molecule has 3 aromatic heterocycles. The minimum atomic E-state index is 0.620. The van der Waals surface area contributed by atoms with Crippen molar-refractivity contribution in [2.45, 2.75) is 0 Å². The molecule has 52 heavy (non-hydrogen) atoms. The van der Waals surface area contributed by atoms with Gasteiger partial charge in [0.1, 0.15) is 5.01 Å². The summed E-state index contributed by atoms with van der Waals surface area (Å²) in [5.74, 6) is 1.87. The Morgan fingerprint density at radius 3 is 1.48 bits per heavy atom. The predicted molar refractivity (Wildman–Crippen MR) is 215 cm³/mol. The normalized spacial score (nSPS) is 11.5. The van der Waals surface area contributed by atoms with Crippen molar-refractivity contribution in [3.8, 4) is 61.5 Å². The zero-order valence-electron chi connectivity index (χ0n) is 27.9. The lowest BCUT2D eigenvalue weighted by Crippen LogP contribution is -2.00. The molecule has 0 unspecified atom stereocenters. The van der Waals surface area contributed by atoms with Crippen LogP contribution in [0.4, 0.5) is 0 Å². The number of nitrogens with zero attached hydrogens (tertiary/aromatic N) is 5. The number of hydrogen-bond acceptors (Lipinski definition) is 5. The molecular formula is C46H29N5S. The second kappa shape index (κ2) is 12.5. The molecule has 6 heteroatoms. The summed E-state index contributed by atoms with van der Waals surface area (Å²) < 4.78 is 3.44. The topological polar surface area (TPSA) is 56.5 Å². The molecule has 0 atom stereocenters. The molecular weight excluding hydrogens is 655 g/mol. The number of rotatable bonds is 6. The standard InChI is InChI=1S/C46H29N5S/c1-5-13-30(14-6-1)33-21-24-37-38-25-22-34(28-41(38)51(40(37)27-33)36-19-11-4-12-20-36)44-48-43(31-15-7-2-8-16-31)49-45(50-44)35-23-26-39-42(29-35)52-46(47-39)32-17-9-3-10-18-32/h1-29H. The van der Waals surface area contributed by atoms with Gasteiger partial charge in [-0.15, -0.1) is 11.3 Å². The summed E-state index contributed by atoms with van der Waals surface area (Å²) in [5.41, 5.74) is 10.5. The van der Waals surface area contributed by atoms with Crippen LogP contribution in [0, 0.1) is 0 Å². The summed E-state index contributed by atoms with van der Waals surface area (Å²) in [5, 5.41) is 3.36. The first-order valence-corrected chi connectivity index (χ1v) is 18.0. The van der Waals surface area contributed by atoms with Crippen molar-refractivity contribution in [2.24, 2.45) is 0 Å². The Kier molecular flexibility index (Phi) is 7.25. The molecule has 0 saturated heterocycles. The number of thiazole rings is 1. The smallest absolute Gasteiger partial charge is 0.164 e. The Labute approximate surface area is 304 Å². The molecule has 0 spiro atoms. The molecule has 244 valence electrons. The molecule has 0 N–H and O–H groups in total. The van der Waals surface area contributed by atoms with Crippen molar-refractivity contribution in [3.63, 3.8) is 0 Å². The summed E-state index contributed by atoms with van der Waals surface area (Å²) >= 11 is 1.68. The van der Waals surface area contributed by atoms with Gasteiger partial charge in [-0.2, -0.15) is 0 Å². The quantitative estimate of drug-likeness (QED) is 0.175. The van der Waals surface area contributed by atoms with E-state index in [1.165, 1.54) is 21.9 Å². The van der Waals surface area contributed by atoms with Gasteiger partial charge in [0.15, 0.2) is 17.5 Å². The van der Waals surface area contributed by atoms with E-state index >= 15 is 0 Å². The Morgan fingerprint density at radius 2 is 0.846 bits per heavy atom. The third-order valence-corrected chi connectivity index (χ3v) is 10.5. The summed E-state index contributed by atoms with van der Waals surface area (Å²) in [6.45, 7) is 0. The van der Waals surface area contributed by atoms with E-state index in [0.29, 0.717) is 17.5 Å². The predicted octanol–water partition coefficient (Wildman–Crippen LogP) is 11.9. The van der Waals surface area contributed by atoms with E-state index in [1.54, 1.807) is 11.3 Å². The van der Waals surface area contributed by atoms with Crippen LogP contribution in [0.25, 0.3) is 93.6 Å². The first-order chi connectivity index (χ1) is 25.7. The maximum absolute atomic E-state index is 5.14. The van der Waals surface area contributed by atoms with Gasteiger partial charge in [0.25, 0.3) is 0 Å². The van der Waals surface area contributed by atoms with Gasteiger partial charge >= 0.3 is 0 Å². The number of hydrogen-bond donors (Lipinski definition) is 0. The van der Waals surface area contributed by atoms with Crippen molar-refractivity contribution < 1.29 is 0 Å². The lowest BCUT2D eigenvalue weighted by molar-refractivity contribution is 1.07. The van der Waals surface area contributed by atoms with Crippen molar-refractivity contribution in [1.82, 2.24) is 24.5 Å². The molecule has 3 heterocycles. The first-order valence-electron chi connectivity index (χ1n) is 17.2. The van der Waals surface area contributed by atoms with Crippen LogP contribution < -0.4 is 0 Å². The highest BCUT2D eigenvalue weighted by Gasteiger charge is 2.18. The minimum absolute atomic E-state index is 0.620. The average molecular weight is 684 g/mol. The average Bonchev–Trinajstić information content (AvgIpc) is 3.80. The van der Waals surface area contributed by atoms with E-state index in [9.17, 15) is 0 Å². The fourth-order valence-corrected chi connectivity index (χ4v) is 7.95. The molecule has 7 aromatic carbocycles. The van der Waals surface area contributed by atoms with Gasteiger partial charge in [-0.1, -0.05) is 133 Å². The molecule has 5 nitrogen and oxygen atoms in total. The van der Waals surface area contributed by atoms with Gasteiger partial charge in [-0.05, 0) is 53.6 Å². The van der Waals surface area contributed by atoms with E-state index in [2.05, 4.69) is 132 Å². The second-order valence-corrected chi connectivity index (χ2v) is 13.8. The molecule has 0 bridgehead atoms. The maximum Gasteiger partial charge on any atom is 0.164 e. The van der Waals surface area contributed by atoms with Gasteiger partial charge in [-0.25, -0.2) is 19.9 Å². The molecule has 0 fully saturated rings.